The fourth-order valence-corrected chi connectivity index (χ4v) is 2.51. The summed E-state index contributed by atoms with van der Waals surface area (Å²) in [4.78, 5) is 24.2. The van der Waals surface area contributed by atoms with Crippen LogP contribution >= 0.6 is 23.2 Å². The lowest BCUT2D eigenvalue weighted by Gasteiger charge is -2.23. The Bertz CT molecular complexity index is 521. The van der Waals surface area contributed by atoms with Gasteiger partial charge in [0, 0.05) is 50.4 Å². The van der Waals surface area contributed by atoms with Crippen molar-refractivity contribution in [2.75, 3.05) is 42.9 Å². The molecule has 0 aliphatic carbocycles. The largest absolute Gasteiger partial charge is 0.480 e. The van der Waals surface area contributed by atoms with Crippen LogP contribution in [0.5, 0.6) is 0 Å². The summed E-state index contributed by atoms with van der Waals surface area (Å²) in [6.45, 7) is 3.16. The third-order valence-corrected chi connectivity index (χ3v) is 3.59. The molecule has 1 atom stereocenters. The molecule has 0 aliphatic heterocycles. The molecule has 7 nitrogen and oxygen atoms in total. The number of aliphatic carboxylic acids is 1. The Morgan fingerprint density at radius 3 is 2.04 bits per heavy atom. The molecule has 0 saturated carbocycles. The van der Waals surface area contributed by atoms with Crippen molar-refractivity contribution >= 4 is 40.8 Å². The number of nitrogens with zero attached hydrogens (tertiary/aromatic N) is 1. The number of hydrogen-bond acceptors (Lipinski definition) is 5. The first-order valence-electron chi connectivity index (χ1n) is 8.16. The van der Waals surface area contributed by atoms with Gasteiger partial charge in [0.2, 0.25) is 5.91 Å². The second kappa shape index (κ2) is 14.6. The van der Waals surface area contributed by atoms with E-state index in [0.29, 0.717) is 31.4 Å². The van der Waals surface area contributed by atoms with Crippen molar-refractivity contribution in [2.45, 2.75) is 19.4 Å². The van der Waals surface area contributed by atoms with Gasteiger partial charge in [0.25, 0.3) is 0 Å². The number of nitrogens with one attached hydrogen (secondary N) is 1. The smallest absolute Gasteiger partial charge is 0.326 e. The maximum absolute atomic E-state index is 11.1. The van der Waals surface area contributed by atoms with E-state index in [9.17, 15) is 9.59 Å². The molecule has 148 valence electrons. The summed E-state index contributed by atoms with van der Waals surface area (Å²) >= 11 is 11.6. The molecule has 1 aromatic carbocycles. The number of aliphatic hydroxyl groups is 1. The number of carbonyl (C=O) groups is 2. The van der Waals surface area contributed by atoms with Crippen molar-refractivity contribution in [3.8, 4) is 0 Å². The first-order chi connectivity index (χ1) is 12.4. The maximum Gasteiger partial charge on any atom is 0.326 e. The van der Waals surface area contributed by atoms with Gasteiger partial charge in [-0.2, -0.15) is 0 Å². The van der Waals surface area contributed by atoms with E-state index < -0.39 is 12.0 Å². The fourth-order valence-electron chi connectivity index (χ4n) is 2.10. The van der Waals surface area contributed by atoms with Gasteiger partial charge in [0.1, 0.15) is 6.04 Å². The van der Waals surface area contributed by atoms with Crippen LogP contribution < -0.4 is 16.0 Å². The molecule has 5 N–H and O–H groups in total. The van der Waals surface area contributed by atoms with Crippen molar-refractivity contribution in [3.63, 3.8) is 0 Å². The number of carboxylic acid groups (broad SMARTS) is 1. The van der Waals surface area contributed by atoms with Crippen molar-refractivity contribution in [1.82, 2.24) is 5.32 Å². The van der Waals surface area contributed by atoms with Crippen LogP contribution in [-0.4, -0.2) is 66.1 Å². The fraction of sp³-hybridized carbons (Fsp3) is 0.529. The summed E-state index contributed by atoms with van der Waals surface area (Å²) < 4.78 is 0. The molecule has 0 aliphatic rings. The highest BCUT2D eigenvalue weighted by Crippen LogP contribution is 2.16. The minimum atomic E-state index is -1.05. The molecule has 1 amide bonds. The molecule has 0 spiro atoms. The van der Waals surface area contributed by atoms with Gasteiger partial charge in [0.15, 0.2) is 0 Å². The molecule has 0 heterocycles. The third kappa shape index (κ3) is 10.5. The molecule has 1 aromatic rings. The van der Waals surface area contributed by atoms with Gasteiger partial charge >= 0.3 is 5.97 Å². The van der Waals surface area contributed by atoms with Crippen LogP contribution in [0.4, 0.5) is 5.69 Å². The van der Waals surface area contributed by atoms with Crippen LogP contribution in [0.2, 0.25) is 0 Å². The van der Waals surface area contributed by atoms with E-state index in [4.69, 9.17) is 39.1 Å². The van der Waals surface area contributed by atoms with E-state index >= 15 is 0 Å². The van der Waals surface area contributed by atoms with Gasteiger partial charge in [-0.25, -0.2) is 4.79 Å². The zero-order chi connectivity index (χ0) is 19.9. The van der Waals surface area contributed by atoms with Gasteiger partial charge in [-0.05, 0) is 17.7 Å². The van der Waals surface area contributed by atoms with Crippen molar-refractivity contribution in [1.29, 1.82) is 0 Å². The molecule has 26 heavy (non-hydrogen) atoms. The lowest BCUT2D eigenvalue weighted by Crippen LogP contribution is -2.41. The number of halogens is 2. The summed E-state index contributed by atoms with van der Waals surface area (Å²) in [7, 11) is 0. The highest BCUT2D eigenvalue weighted by atomic mass is 35.5. The molecule has 0 saturated heterocycles. The number of anilines is 1. The van der Waals surface area contributed by atoms with Crippen molar-refractivity contribution < 1.29 is 19.8 Å². The van der Waals surface area contributed by atoms with Crippen LogP contribution in [-0.2, 0) is 16.0 Å². The van der Waals surface area contributed by atoms with E-state index in [2.05, 4.69) is 10.2 Å². The van der Waals surface area contributed by atoms with Crippen molar-refractivity contribution in [3.05, 3.63) is 29.8 Å². The van der Waals surface area contributed by atoms with Gasteiger partial charge in [-0.3, -0.25) is 4.79 Å². The van der Waals surface area contributed by atoms with Crippen molar-refractivity contribution in [2.24, 2.45) is 5.73 Å². The Morgan fingerprint density at radius 2 is 1.69 bits per heavy atom. The molecule has 0 bridgehead atoms. The highest BCUT2D eigenvalue weighted by molar-refractivity contribution is 6.18. The predicted octanol–water partition coefficient (Wildman–Crippen LogP) is 1.04. The lowest BCUT2D eigenvalue weighted by molar-refractivity contribution is -0.141. The molecular formula is C17H27Cl2N3O4. The number of nitrogens with two attached hydrogens (primary N) is 1. The zero-order valence-electron chi connectivity index (χ0n) is 14.8. The predicted molar refractivity (Wildman–Crippen MR) is 105 cm³/mol. The Balaban J connectivity index is 0.00000141. The molecule has 0 aromatic heterocycles. The summed E-state index contributed by atoms with van der Waals surface area (Å²) in [5.41, 5.74) is 6.60. The first kappa shape index (κ1) is 24.5. The number of carboxylic acids is 1. The van der Waals surface area contributed by atoms with E-state index in [1.54, 1.807) is 0 Å². The van der Waals surface area contributed by atoms with Crippen LogP contribution in [0, 0.1) is 0 Å². The summed E-state index contributed by atoms with van der Waals surface area (Å²) in [6, 6.07) is 6.58. The van der Waals surface area contributed by atoms with E-state index in [-0.39, 0.29) is 18.9 Å². The summed E-state index contributed by atoms with van der Waals surface area (Å²) in [6.07, 6.45) is 0.236. The van der Waals surface area contributed by atoms with E-state index in [0.717, 1.165) is 11.3 Å². The highest BCUT2D eigenvalue weighted by Gasteiger charge is 2.18. The monoisotopic (exact) mass is 407 g/mol. The third-order valence-electron chi connectivity index (χ3n) is 3.25. The zero-order valence-corrected chi connectivity index (χ0v) is 16.3. The SMILES string of the molecule is CC(=O)N[C@@H](Cc1ccc(N(CCCl)CCCl)cc1)C(=O)O.NCCO. The number of hydrogen-bond donors (Lipinski definition) is 4. The number of alkyl halides is 2. The molecule has 9 heteroatoms. The van der Waals surface area contributed by atoms with Crippen LogP contribution in [0.3, 0.4) is 0 Å². The average Bonchev–Trinajstić information content (AvgIpc) is 2.61. The molecule has 0 fully saturated rings. The van der Waals surface area contributed by atoms with E-state index in [1.165, 1.54) is 6.92 Å². The quantitative estimate of drug-likeness (QED) is 0.430. The Labute approximate surface area is 164 Å². The number of benzene rings is 1. The lowest BCUT2D eigenvalue weighted by atomic mass is 10.1. The Kier molecular flexibility index (Phi) is 13.7. The Morgan fingerprint density at radius 1 is 1.19 bits per heavy atom. The summed E-state index contributed by atoms with van der Waals surface area (Å²) in [5.74, 6) is -0.408. The normalized spacial score (nSPS) is 11.1. The number of carbonyl (C=O) groups excluding carboxylic acids is 1. The minimum Gasteiger partial charge on any atom is -0.480 e. The average molecular weight is 408 g/mol. The maximum atomic E-state index is 11.1. The first-order valence-corrected chi connectivity index (χ1v) is 9.23. The second-order valence-corrected chi connectivity index (χ2v) is 6.10. The summed E-state index contributed by atoms with van der Waals surface area (Å²) in [5, 5.41) is 19.3. The molecule has 0 radical (unpaired) electrons. The standard InChI is InChI=1S/C15H20Cl2N2O3.C2H7NO/c1-11(20)18-14(15(21)22)10-12-2-4-13(5-3-12)19(8-6-16)9-7-17;3-1-2-4/h2-5,14H,6-10H2,1H3,(H,18,20)(H,21,22);4H,1-3H2/t14-;/m0./s1. The number of amides is 1. The van der Waals surface area contributed by atoms with Crippen LogP contribution in [0.25, 0.3) is 0 Å². The van der Waals surface area contributed by atoms with Gasteiger partial charge < -0.3 is 26.2 Å². The van der Waals surface area contributed by atoms with E-state index in [1.807, 2.05) is 24.3 Å². The van der Waals surface area contributed by atoms with Crippen LogP contribution in [0.1, 0.15) is 12.5 Å². The molecule has 1 rings (SSSR count). The Hall–Kier alpha value is -1.54. The molecular weight excluding hydrogens is 381 g/mol. The number of rotatable bonds is 10. The molecule has 0 unspecified atom stereocenters. The van der Waals surface area contributed by atoms with Gasteiger partial charge in [-0.1, -0.05) is 12.1 Å². The minimum absolute atomic E-state index is 0.0972. The number of aliphatic hydroxyl groups excluding tert-OH is 1. The van der Waals surface area contributed by atoms with Gasteiger partial charge in [-0.15, -0.1) is 23.2 Å². The topological polar surface area (TPSA) is 116 Å². The second-order valence-electron chi connectivity index (χ2n) is 5.34. The van der Waals surface area contributed by atoms with Gasteiger partial charge in [0.05, 0.1) is 6.61 Å². The van der Waals surface area contributed by atoms with Crippen LogP contribution in [0.15, 0.2) is 24.3 Å².